The number of carbonyl (C=O) groups is 1. The highest BCUT2D eigenvalue weighted by molar-refractivity contribution is 6.42. The van der Waals surface area contributed by atoms with E-state index in [1.807, 2.05) is 36.4 Å². The molecule has 3 N–H and O–H groups in total. The summed E-state index contributed by atoms with van der Waals surface area (Å²) in [6, 6.07) is 14.8. The van der Waals surface area contributed by atoms with Crippen molar-refractivity contribution in [3.8, 4) is 0 Å². The third-order valence-electron chi connectivity index (χ3n) is 4.36. The van der Waals surface area contributed by atoms with Gasteiger partial charge in [-0.2, -0.15) is 0 Å². The average Bonchev–Trinajstić information content (AvgIpc) is 3.12. The summed E-state index contributed by atoms with van der Waals surface area (Å²) in [7, 11) is 0. The van der Waals surface area contributed by atoms with E-state index in [4.69, 9.17) is 33.7 Å². The number of halogens is 3. The molecule has 1 heterocycles. The van der Waals surface area contributed by atoms with E-state index in [9.17, 15) is 4.79 Å². The Morgan fingerprint density at radius 3 is 2.46 bits per heavy atom. The van der Waals surface area contributed by atoms with Crippen LogP contribution in [0.4, 0.5) is 0 Å². The Morgan fingerprint density at radius 2 is 1.85 bits per heavy atom. The number of carbonyl (C=O) groups excluding carboxylic acids is 1. The van der Waals surface area contributed by atoms with Crippen LogP contribution < -0.4 is 11.1 Å². The maximum Gasteiger partial charge on any atom is 0.249 e. The van der Waals surface area contributed by atoms with Crippen LogP contribution >= 0.6 is 35.6 Å². The monoisotopic (exact) mass is 414 g/mol. The molecule has 0 aromatic heterocycles. The zero-order valence-corrected chi connectivity index (χ0v) is 16.4. The fraction of sp³-hybridized carbons (Fsp3) is 0.316. The lowest BCUT2D eigenvalue weighted by atomic mass is 9.98. The van der Waals surface area contributed by atoms with E-state index in [0.717, 1.165) is 17.5 Å². The first kappa shape index (κ1) is 21.0. The molecule has 0 saturated carbocycles. The number of amides is 1. The molecule has 1 aliphatic heterocycles. The Labute approximate surface area is 169 Å². The molecule has 2 aromatic rings. The normalized spacial score (nSPS) is 20.3. The molecular formula is C19H21Cl3N2O2. The van der Waals surface area contributed by atoms with Crippen molar-refractivity contribution in [2.45, 2.75) is 31.1 Å². The van der Waals surface area contributed by atoms with Gasteiger partial charge in [0.15, 0.2) is 0 Å². The SMILES string of the molecule is Cl.NC[C@H]1CC[C@@H](C(=O)NC(c2ccccc2)c2ccc(Cl)c(Cl)c2)O1. The van der Waals surface area contributed by atoms with Crippen LogP contribution in [0.25, 0.3) is 0 Å². The topological polar surface area (TPSA) is 64.4 Å². The maximum atomic E-state index is 12.7. The van der Waals surface area contributed by atoms with E-state index in [1.54, 1.807) is 12.1 Å². The molecule has 1 amide bonds. The van der Waals surface area contributed by atoms with E-state index in [2.05, 4.69) is 5.32 Å². The zero-order chi connectivity index (χ0) is 17.8. The molecule has 0 bridgehead atoms. The molecule has 1 saturated heterocycles. The Hall–Kier alpha value is -1.30. The van der Waals surface area contributed by atoms with Gasteiger partial charge in [-0.25, -0.2) is 0 Å². The molecule has 3 rings (SSSR count). The molecule has 1 unspecified atom stereocenters. The van der Waals surface area contributed by atoms with Gasteiger partial charge in [0, 0.05) is 6.54 Å². The molecule has 0 spiro atoms. The van der Waals surface area contributed by atoms with Crippen LogP contribution in [-0.4, -0.2) is 24.7 Å². The maximum absolute atomic E-state index is 12.7. The van der Waals surface area contributed by atoms with E-state index in [1.165, 1.54) is 0 Å². The highest BCUT2D eigenvalue weighted by atomic mass is 35.5. The van der Waals surface area contributed by atoms with E-state index in [-0.39, 0.29) is 30.5 Å². The van der Waals surface area contributed by atoms with Crippen LogP contribution in [0.15, 0.2) is 48.5 Å². The largest absolute Gasteiger partial charge is 0.364 e. The highest BCUT2D eigenvalue weighted by Crippen LogP contribution is 2.29. The Morgan fingerprint density at radius 1 is 1.12 bits per heavy atom. The average molecular weight is 416 g/mol. The van der Waals surface area contributed by atoms with Gasteiger partial charge in [0.1, 0.15) is 6.10 Å². The van der Waals surface area contributed by atoms with Gasteiger partial charge in [-0.05, 0) is 36.1 Å². The second-order valence-corrected chi connectivity index (χ2v) is 6.90. The Kier molecular flexibility index (Phi) is 7.74. The van der Waals surface area contributed by atoms with E-state index >= 15 is 0 Å². The van der Waals surface area contributed by atoms with Crippen molar-refractivity contribution < 1.29 is 9.53 Å². The quantitative estimate of drug-likeness (QED) is 0.772. The van der Waals surface area contributed by atoms with Crippen molar-refractivity contribution in [3.63, 3.8) is 0 Å². The minimum absolute atomic E-state index is 0. The predicted octanol–water partition coefficient (Wildman–Crippen LogP) is 4.13. The molecule has 1 fully saturated rings. The molecule has 2 aromatic carbocycles. The molecule has 3 atom stereocenters. The summed E-state index contributed by atoms with van der Waals surface area (Å²) < 4.78 is 5.70. The number of nitrogens with two attached hydrogens (primary N) is 1. The Balaban J connectivity index is 0.00000243. The molecule has 26 heavy (non-hydrogen) atoms. The zero-order valence-electron chi connectivity index (χ0n) is 14.0. The smallest absolute Gasteiger partial charge is 0.249 e. The van der Waals surface area contributed by atoms with Crippen molar-refractivity contribution in [1.29, 1.82) is 0 Å². The molecule has 1 aliphatic rings. The van der Waals surface area contributed by atoms with Crippen LogP contribution in [0.1, 0.15) is 30.0 Å². The van der Waals surface area contributed by atoms with Gasteiger partial charge in [0.25, 0.3) is 0 Å². The third kappa shape index (κ3) is 4.90. The first-order valence-electron chi connectivity index (χ1n) is 8.24. The predicted molar refractivity (Wildman–Crippen MR) is 107 cm³/mol. The first-order valence-corrected chi connectivity index (χ1v) is 9.00. The lowest BCUT2D eigenvalue weighted by Crippen LogP contribution is -2.38. The number of hydrogen-bond donors (Lipinski definition) is 2. The van der Waals surface area contributed by atoms with Gasteiger partial charge < -0.3 is 15.8 Å². The van der Waals surface area contributed by atoms with Crippen LogP contribution in [0.3, 0.4) is 0 Å². The number of benzene rings is 2. The summed E-state index contributed by atoms with van der Waals surface area (Å²) in [6.07, 6.45) is 0.965. The second kappa shape index (κ2) is 9.58. The van der Waals surface area contributed by atoms with Crippen LogP contribution in [0.5, 0.6) is 0 Å². The van der Waals surface area contributed by atoms with Gasteiger partial charge in [0.05, 0.1) is 22.2 Å². The van der Waals surface area contributed by atoms with Gasteiger partial charge in [0.2, 0.25) is 5.91 Å². The standard InChI is InChI=1S/C19H20Cl2N2O2.ClH/c20-15-8-6-13(10-16(15)21)18(12-4-2-1-3-5-12)23-19(24)17-9-7-14(11-22)25-17;/h1-6,8,10,14,17-18H,7,9,11,22H2,(H,23,24);1H/t14-,17+,18?;/m1./s1. The molecule has 140 valence electrons. The van der Waals surface area contributed by atoms with Crippen molar-refractivity contribution in [3.05, 3.63) is 69.7 Å². The fourth-order valence-corrected chi connectivity index (χ4v) is 3.31. The summed E-state index contributed by atoms with van der Waals surface area (Å²) in [5, 5.41) is 4.01. The number of rotatable bonds is 5. The van der Waals surface area contributed by atoms with Crippen LogP contribution in [0.2, 0.25) is 10.0 Å². The first-order chi connectivity index (χ1) is 12.1. The summed E-state index contributed by atoms with van der Waals surface area (Å²) >= 11 is 12.2. The van der Waals surface area contributed by atoms with E-state index in [0.29, 0.717) is 23.0 Å². The van der Waals surface area contributed by atoms with Gasteiger partial charge >= 0.3 is 0 Å². The van der Waals surface area contributed by atoms with E-state index < -0.39 is 6.10 Å². The van der Waals surface area contributed by atoms with Gasteiger partial charge in [-0.3, -0.25) is 4.79 Å². The van der Waals surface area contributed by atoms with Crippen LogP contribution in [0, 0.1) is 0 Å². The van der Waals surface area contributed by atoms with Crippen molar-refractivity contribution >= 4 is 41.5 Å². The van der Waals surface area contributed by atoms with Crippen molar-refractivity contribution in [2.24, 2.45) is 5.73 Å². The number of hydrogen-bond acceptors (Lipinski definition) is 3. The molecule has 4 nitrogen and oxygen atoms in total. The van der Waals surface area contributed by atoms with Gasteiger partial charge in [-0.15, -0.1) is 12.4 Å². The molecular weight excluding hydrogens is 395 g/mol. The number of ether oxygens (including phenoxy) is 1. The third-order valence-corrected chi connectivity index (χ3v) is 5.10. The van der Waals surface area contributed by atoms with Crippen LogP contribution in [-0.2, 0) is 9.53 Å². The lowest BCUT2D eigenvalue weighted by Gasteiger charge is -2.22. The Bertz CT molecular complexity index is 743. The summed E-state index contributed by atoms with van der Waals surface area (Å²) in [5.41, 5.74) is 7.45. The molecule has 7 heteroatoms. The van der Waals surface area contributed by atoms with Crippen molar-refractivity contribution in [1.82, 2.24) is 5.32 Å². The van der Waals surface area contributed by atoms with Crippen molar-refractivity contribution in [2.75, 3.05) is 6.54 Å². The lowest BCUT2D eigenvalue weighted by molar-refractivity contribution is -0.132. The summed E-state index contributed by atoms with van der Waals surface area (Å²) in [6.45, 7) is 0.429. The fourth-order valence-electron chi connectivity index (χ4n) is 3.00. The molecule has 0 radical (unpaired) electrons. The second-order valence-electron chi connectivity index (χ2n) is 6.09. The number of nitrogens with one attached hydrogen (secondary N) is 1. The minimum Gasteiger partial charge on any atom is -0.364 e. The highest BCUT2D eigenvalue weighted by Gasteiger charge is 2.31. The van der Waals surface area contributed by atoms with Gasteiger partial charge in [-0.1, -0.05) is 59.6 Å². The summed E-state index contributed by atoms with van der Waals surface area (Å²) in [4.78, 5) is 12.7. The molecule has 0 aliphatic carbocycles. The minimum atomic E-state index is -0.470. The summed E-state index contributed by atoms with van der Waals surface area (Å²) in [5.74, 6) is -0.143.